The van der Waals surface area contributed by atoms with Gasteiger partial charge in [0.1, 0.15) is 0 Å². The van der Waals surface area contributed by atoms with Gasteiger partial charge in [0.25, 0.3) is 5.91 Å². The molecule has 3 rings (SSSR count). The van der Waals surface area contributed by atoms with E-state index in [1.807, 2.05) is 49.4 Å². The van der Waals surface area contributed by atoms with E-state index in [0.29, 0.717) is 22.8 Å². The van der Waals surface area contributed by atoms with Crippen LogP contribution in [0.15, 0.2) is 60.9 Å². The zero-order valence-electron chi connectivity index (χ0n) is 12.7. The van der Waals surface area contributed by atoms with Crippen LogP contribution in [-0.4, -0.2) is 15.7 Å². The summed E-state index contributed by atoms with van der Waals surface area (Å²) in [5, 5.41) is 7.74. The first-order valence-corrected chi connectivity index (χ1v) is 7.64. The van der Waals surface area contributed by atoms with Crippen LogP contribution in [0.2, 0.25) is 5.02 Å². The van der Waals surface area contributed by atoms with E-state index in [2.05, 4.69) is 10.4 Å². The normalized spacial score (nSPS) is 10.5. The maximum Gasteiger partial charge on any atom is 0.258 e. The topological polar surface area (TPSA) is 46.9 Å². The molecule has 0 fully saturated rings. The van der Waals surface area contributed by atoms with Crippen molar-refractivity contribution in [3.05, 3.63) is 82.6 Å². The summed E-state index contributed by atoms with van der Waals surface area (Å²) in [6.07, 6.45) is 3.31. The summed E-state index contributed by atoms with van der Waals surface area (Å²) in [6.45, 7) is 2.50. The van der Waals surface area contributed by atoms with Gasteiger partial charge in [-0.2, -0.15) is 5.10 Å². The molecular weight excluding hydrogens is 310 g/mol. The van der Waals surface area contributed by atoms with Crippen molar-refractivity contribution in [3.63, 3.8) is 0 Å². The lowest BCUT2D eigenvalue weighted by molar-refractivity contribution is 0.102. The second-order valence-electron chi connectivity index (χ2n) is 5.28. The first-order chi connectivity index (χ1) is 11.1. The predicted molar refractivity (Wildman–Crippen MR) is 91.9 cm³/mol. The number of carbonyl (C=O) groups excluding carboxylic acids is 1. The number of benzene rings is 2. The third-order valence-corrected chi connectivity index (χ3v) is 4.01. The van der Waals surface area contributed by atoms with E-state index < -0.39 is 0 Å². The number of anilines is 1. The lowest BCUT2D eigenvalue weighted by Gasteiger charge is -2.08. The molecule has 4 nitrogen and oxygen atoms in total. The Labute approximate surface area is 139 Å². The van der Waals surface area contributed by atoms with Crippen molar-refractivity contribution in [2.75, 3.05) is 5.32 Å². The van der Waals surface area contributed by atoms with Gasteiger partial charge in [-0.05, 0) is 30.2 Å². The predicted octanol–water partition coefficient (Wildman–Crippen LogP) is 4.15. The number of nitrogens with one attached hydrogen (secondary N) is 1. The number of amides is 1. The van der Waals surface area contributed by atoms with Crippen LogP contribution < -0.4 is 5.32 Å². The number of aromatic nitrogens is 2. The molecule has 1 aromatic heterocycles. The molecule has 0 saturated heterocycles. The standard InChI is InChI=1S/C18H16ClN3O/c1-13-16(19)8-5-9-17(13)21-18(23)15-10-20-22(12-15)11-14-6-3-2-4-7-14/h2-10,12H,11H2,1H3,(H,21,23). The average molecular weight is 326 g/mol. The highest BCUT2D eigenvalue weighted by Crippen LogP contribution is 2.23. The molecule has 5 heteroatoms. The summed E-state index contributed by atoms with van der Waals surface area (Å²) in [5.74, 6) is -0.199. The Morgan fingerprint density at radius 2 is 1.96 bits per heavy atom. The monoisotopic (exact) mass is 325 g/mol. The van der Waals surface area contributed by atoms with Gasteiger partial charge in [0, 0.05) is 16.9 Å². The summed E-state index contributed by atoms with van der Waals surface area (Å²) in [6, 6.07) is 15.4. The van der Waals surface area contributed by atoms with Gasteiger partial charge in [-0.25, -0.2) is 0 Å². The van der Waals surface area contributed by atoms with Gasteiger partial charge in [0.15, 0.2) is 0 Å². The molecule has 0 radical (unpaired) electrons. The Kier molecular flexibility index (Phi) is 4.44. The Hall–Kier alpha value is -2.59. The molecule has 0 unspecified atom stereocenters. The Bertz CT molecular complexity index is 827. The third-order valence-electron chi connectivity index (χ3n) is 3.60. The van der Waals surface area contributed by atoms with Crippen LogP contribution in [0.3, 0.4) is 0 Å². The van der Waals surface area contributed by atoms with Crippen LogP contribution in [-0.2, 0) is 6.54 Å². The van der Waals surface area contributed by atoms with Crippen molar-refractivity contribution >= 4 is 23.2 Å². The second kappa shape index (κ2) is 6.67. The minimum Gasteiger partial charge on any atom is -0.322 e. The SMILES string of the molecule is Cc1c(Cl)cccc1NC(=O)c1cnn(Cc2ccccc2)c1. The molecule has 3 aromatic rings. The smallest absolute Gasteiger partial charge is 0.258 e. The van der Waals surface area contributed by atoms with Gasteiger partial charge in [0.2, 0.25) is 0 Å². The van der Waals surface area contributed by atoms with E-state index in [9.17, 15) is 4.79 Å². The highest BCUT2D eigenvalue weighted by atomic mass is 35.5. The first-order valence-electron chi connectivity index (χ1n) is 7.26. The molecule has 1 amide bonds. The van der Waals surface area contributed by atoms with Crippen molar-refractivity contribution in [1.82, 2.24) is 9.78 Å². The molecule has 0 saturated carbocycles. The first kappa shape index (κ1) is 15.3. The van der Waals surface area contributed by atoms with Crippen LogP contribution in [0.4, 0.5) is 5.69 Å². The number of halogens is 1. The lowest BCUT2D eigenvalue weighted by atomic mass is 10.2. The highest BCUT2D eigenvalue weighted by molar-refractivity contribution is 6.31. The molecule has 1 heterocycles. The number of nitrogens with zero attached hydrogens (tertiary/aromatic N) is 2. The van der Waals surface area contributed by atoms with Crippen molar-refractivity contribution < 1.29 is 4.79 Å². The quantitative estimate of drug-likeness (QED) is 0.783. The summed E-state index contributed by atoms with van der Waals surface area (Å²) >= 11 is 6.07. The van der Waals surface area contributed by atoms with Crippen molar-refractivity contribution in [2.45, 2.75) is 13.5 Å². The Balaban J connectivity index is 1.72. The number of hydrogen-bond acceptors (Lipinski definition) is 2. The zero-order valence-corrected chi connectivity index (χ0v) is 13.4. The molecule has 0 aliphatic rings. The van der Waals surface area contributed by atoms with Gasteiger partial charge in [0.05, 0.1) is 18.3 Å². The van der Waals surface area contributed by atoms with Gasteiger partial charge in [-0.3, -0.25) is 9.48 Å². The van der Waals surface area contributed by atoms with Gasteiger partial charge >= 0.3 is 0 Å². The molecule has 0 bridgehead atoms. The molecule has 23 heavy (non-hydrogen) atoms. The zero-order chi connectivity index (χ0) is 16.2. The third kappa shape index (κ3) is 3.60. The number of hydrogen-bond donors (Lipinski definition) is 1. The fourth-order valence-electron chi connectivity index (χ4n) is 2.28. The molecule has 1 N–H and O–H groups in total. The van der Waals surface area contributed by atoms with Crippen LogP contribution in [0.25, 0.3) is 0 Å². The van der Waals surface area contributed by atoms with Crippen LogP contribution in [0.1, 0.15) is 21.5 Å². The minimum absolute atomic E-state index is 0.199. The van der Waals surface area contributed by atoms with Gasteiger partial charge in [-0.1, -0.05) is 48.0 Å². The molecule has 0 spiro atoms. The average Bonchev–Trinajstić information content (AvgIpc) is 3.01. The molecule has 0 aliphatic carbocycles. The van der Waals surface area contributed by atoms with E-state index in [4.69, 9.17) is 11.6 Å². The molecule has 0 aliphatic heterocycles. The number of carbonyl (C=O) groups is 1. The van der Waals surface area contributed by atoms with E-state index in [0.717, 1.165) is 11.1 Å². The van der Waals surface area contributed by atoms with Crippen LogP contribution in [0, 0.1) is 6.92 Å². The summed E-state index contributed by atoms with van der Waals surface area (Å²) in [7, 11) is 0. The second-order valence-corrected chi connectivity index (χ2v) is 5.69. The molecule has 0 atom stereocenters. The fourth-order valence-corrected chi connectivity index (χ4v) is 2.45. The highest BCUT2D eigenvalue weighted by Gasteiger charge is 2.11. The van der Waals surface area contributed by atoms with Crippen molar-refractivity contribution in [2.24, 2.45) is 0 Å². The maximum atomic E-state index is 12.3. The lowest BCUT2D eigenvalue weighted by Crippen LogP contribution is -2.12. The Morgan fingerprint density at radius 1 is 1.17 bits per heavy atom. The maximum absolute atomic E-state index is 12.3. The Morgan fingerprint density at radius 3 is 2.74 bits per heavy atom. The van der Waals surface area contributed by atoms with Crippen LogP contribution >= 0.6 is 11.6 Å². The summed E-state index contributed by atoms with van der Waals surface area (Å²) in [4.78, 5) is 12.3. The molecule has 116 valence electrons. The number of rotatable bonds is 4. The van der Waals surface area contributed by atoms with Gasteiger partial charge in [-0.15, -0.1) is 0 Å². The minimum atomic E-state index is -0.199. The molecular formula is C18H16ClN3O. The summed E-state index contributed by atoms with van der Waals surface area (Å²) < 4.78 is 1.75. The van der Waals surface area contributed by atoms with Crippen molar-refractivity contribution in [3.8, 4) is 0 Å². The largest absolute Gasteiger partial charge is 0.322 e. The van der Waals surface area contributed by atoms with Gasteiger partial charge < -0.3 is 5.32 Å². The summed E-state index contributed by atoms with van der Waals surface area (Å²) in [5.41, 5.74) is 3.20. The van der Waals surface area contributed by atoms with E-state index in [-0.39, 0.29) is 5.91 Å². The van der Waals surface area contributed by atoms with E-state index >= 15 is 0 Å². The fraction of sp³-hybridized carbons (Fsp3) is 0.111. The molecule has 2 aromatic carbocycles. The van der Waals surface area contributed by atoms with Crippen LogP contribution in [0.5, 0.6) is 0 Å². The van der Waals surface area contributed by atoms with Crippen molar-refractivity contribution in [1.29, 1.82) is 0 Å². The van der Waals surface area contributed by atoms with E-state index in [1.165, 1.54) is 0 Å². The van der Waals surface area contributed by atoms with E-state index in [1.54, 1.807) is 23.1 Å².